The van der Waals surface area contributed by atoms with Crippen LogP contribution >= 0.6 is 27.5 Å². The molecule has 4 nitrogen and oxygen atoms in total. The number of hydrogen-bond acceptors (Lipinski definition) is 3. The third-order valence-electron chi connectivity index (χ3n) is 3.61. The molecule has 1 aromatic rings. The van der Waals surface area contributed by atoms with Gasteiger partial charge in [0.15, 0.2) is 0 Å². The SMILES string of the molecule is CC1OCCC1N(C)S(=O)(=O)c1ccc(CCl)cc1Br. The summed E-state index contributed by atoms with van der Waals surface area (Å²) in [6.07, 6.45) is 0.629. The quantitative estimate of drug-likeness (QED) is 0.752. The maximum absolute atomic E-state index is 12.7. The van der Waals surface area contributed by atoms with E-state index in [4.69, 9.17) is 16.3 Å². The standard InChI is InChI=1S/C13H17BrClNO3S/c1-9-12(5-6-19-9)16(2)20(17,18)13-4-3-10(8-15)7-11(13)14/h3-4,7,9,12H,5-6,8H2,1-2H3. The predicted octanol–water partition coefficient (Wildman–Crippen LogP) is 2.99. The van der Waals surface area contributed by atoms with E-state index < -0.39 is 10.0 Å². The normalized spacial score (nSPS) is 23.4. The largest absolute Gasteiger partial charge is 0.377 e. The van der Waals surface area contributed by atoms with E-state index in [9.17, 15) is 8.42 Å². The van der Waals surface area contributed by atoms with Crippen molar-refractivity contribution in [1.82, 2.24) is 4.31 Å². The van der Waals surface area contributed by atoms with Crippen LogP contribution < -0.4 is 0 Å². The Morgan fingerprint density at radius 1 is 1.50 bits per heavy atom. The maximum Gasteiger partial charge on any atom is 0.244 e. The van der Waals surface area contributed by atoms with Crippen molar-refractivity contribution in [2.45, 2.75) is 36.3 Å². The van der Waals surface area contributed by atoms with Crippen LogP contribution in [0.5, 0.6) is 0 Å². The van der Waals surface area contributed by atoms with Gasteiger partial charge in [-0.05, 0) is 47.0 Å². The summed E-state index contributed by atoms with van der Waals surface area (Å²) in [4.78, 5) is 0.257. The number of sulfonamides is 1. The molecule has 2 rings (SSSR count). The van der Waals surface area contributed by atoms with Gasteiger partial charge in [0.05, 0.1) is 17.0 Å². The van der Waals surface area contributed by atoms with E-state index >= 15 is 0 Å². The minimum Gasteiger partial charge on any atom is -0.377 e. The fourth-order valence-electron chi connectivity index (χ4n) is 2.37. The van der Waals surface area contributed by atoms with Crippen molar-refractivity contribution in [3.63, 3.8) is 0 Å². The third kappa shape index (κ3) is 3.04. The minimum absolute atomic E-state index is 0.0873. The molecular weight excluding hydrogens is 366 g/mol. The first-order valence-corrected chi connectivity index (χ1v) is 9.08. The molecule has 1 aromatic carbocycles. The van der Waals surface area contributed by atoms with Gasteiger partial charge in [-0.1, -0.05) is 6.07 Å². The van der Waals surface area contributed by atoms with Gasteiger partial charge in [0, 0.05) is 24.0 Å². The van der Waals surface area contributed by atoms with Gasteiger partial charge in [0.25, 0.3) is 0 Å². The molecule has 0 radical (unpaired) electrons. The minimum atomic E-state index is -3.55. The van der Waals surface area contributed by atoms with Crippen molar-refractivity contribution in [2.75, 3.05) is 13.7 Å². The molecule has 1 fully saturated rings. The molecule has 7 heteroatoms. The summed E-state index contributed by atoms with van der Waals surface area (Å²) in [6.45, 7) is 2.49. The van der Waals surface area contributed by atoms with Crippen LogP contribution in [0.2, 0.25) is 0 Å². The number of rotatable bonds is 4. The molecule has 0 N–H and O–H groups in total. The molecule has 20 heavy (non-hydrogen) atoms. The first kappa shape index (κ1) is 16.2. The second-order valence-corrected chi connectivity index (χ2v) is 7.94. The average molecular weight is 383 g/mol. The van der Waals surface area contributed by atoms with E-state index in [2.05, 4.69) is 15.9 Å². The molecule has 0 spiro atoms. The molecule has 2 atom stereocenters. The Hall–Kier alpha value is -0.140. The Morgan fingerprint density at radius 2 is 2.20 bits per heavy atom. The van der Waals surface area contributed by atoms with Crippen molar-refractivity contribution in [1.29, 1.82) is 0 Å². The Labute approximate surface area is 133 Å². The highest BCUT2D eigenvalue weighted by atomic mass is 79.9. The van der Waals surface area contributed by atoms with E-state index in [1.807, 2.05) is 6.92 Å². The number of hydrogen-bond donors (Lipinski definition) is 0. The highest BCUT2D eigenvalue weighted by Crippen LogP contribution is 2.30. The van der Waals surface area contributed by atoms with E-state index in [1.165, 1.54) is 4.31 Å². The van der Waals surface area contributed by atoms with Crippen LogP contribution in [0.15, 0.2) is 27.6 Å². The lowest BCUT2D eigenvalue weighted by atomic mass is 10.2. The molecule has 2 unspecified atom stereocenters. The van der Waals surface area contributed by atoms with Gasteiger partial charge in [-0.2, -0.15) is 4.31 Å². The van der Waals surface area contributed by atoms with Gasteiger partial charge in [0.1, 0.15) is 0 Å². The molecule has 1 saturated heterocycles. The third-order valence-corrected chi connectivity index (χ3v) is 6.78. The molecule has 0 aromatic heterocycles. The summed E-state index contributed by atoms with van der Waals surface area (Å²) in [5.74, 6) is 0.349. The first-order chi connectivity index (χ1) is 9.37. The van der Waals surface area contributed by atoms with Crippen molar-refractivity contribution < 1.29 is 13.2 Å². The Balaban J connectivity index is 2.34. The monoisotopic (exact) mass is 381 g/mol. The summed E-state index contributed by atoms with van der Waals surface area (Å²) in [5.41, 5.74) is 0.873. The molecule has 0 bridgehead atoms. The Morgan fingerprint density at radius 3 is 2.70 bits per heavy atom. The van der Waals surface area contributed by atoms with Gasteiger partial charge < -0.3 is 4.74 Å². The van der Waals surface area contributed by atoms with Crippen molar-refractivity contribution in [3.05, 3.63) is 28.2 Å². The summed E-state index contributed by atoms with van der Waals surface area (Å²) in [5, 5.41) is 0. The molecule has 1 heterocycles. The van der Waals surface area contributed by atoms with E-state index in [-0.39, 0.29) is 17.0 Å². The highest BCUT2D eigenvalue weighted by molar-refractivity contribution is 9.10. The van der Waals surface area contributed by atoms with Crippen molar-refractivity contribution >= 4 is 37.6 Å². The van der Waals surface area contributed by atoms with Crippen LogP contribution in [0, 0.1) is 0 Å². The smallest absolute Gasteiger partial charge is 0.244 e. The van der Waals surface area contributed by atoms with Gasteiger partial charge in [0.2, 0.25) is 10.0 Å². The molecule has 0 aliphatic carbocycles. The van der Waals surface area contributed by atoms with Crippen LogP contribution in [-0.2, 0) is 20.6 Å². The highest BCUT2D eigenvalue weighted by Gasteiger charge is 2.36. The van der Waals surface area contributed by atoms with Crippen LogP contribution in [0.1, 0.15) is 18.9 Å². The average Bonchev–Trinajstić information content (AvgIpc) is 2.83. The van der Waals surface area contributed by atoms with Crippen LogP contribution in [0.4, 0.5) is 0 Å². The van der Waals surface area contributed by atoms with Gasteiger partial charge in [-0.25, -0.2) is 8.42 Å². The van der Waals surface area contributed by atoms with Gasteiger partial charge in [-0.15, -0.1) is 11.6 Å². The Bertz CT molecular complexity index is 593. The Kier molecular flexibility index (Phi) is 5.13. The van der Waals surface area contributed by atoms with E-state index in [0.29, 0.717) is 23.4 Å². The van der Waals surface area contributed by atoms with Crippen LogP contribution in [0.25, 0.3) is 0 Å². The number of ether oxygens (including phenoxy) is 1. The van der Waals surface area contributed by atoms with Crippen molar-refractivity contribution in [3.8, 4) is 0 Å². The lowest BCUT2D eigenvalue weighted by Gasteiger charge is -2.26. The first-order valence-electron chi connectivity index (χ1n) is 6.32. The number of alkyl halides is 1. The molecule has 1 aliphatic heterocycles. The second kappa shape index (κ2) is 6.32. The van der Waals surface area contributed by atoms with Crippen molar-refractivity contribution in [2.24, 2.45) is 0 Å². The molecular formula is C13H17BrClNO3S. The number of nitrogens with zero attached hydrogens (tertiary/aromatic N) is 1. The molecule has 0 saturated carbocycles. The van der Waals surface area contributed by atoms with Gasteiger partial charge >= 0.3 is 0 Å². The molecule has 0 amide bonds. The fraction of sp³-hybridized carbons (Fsp3) is 0.538. The summed E-state index contributed by atoms with van der Waals surface area (Å²) in [6, 6.07) is 4.93. The van der Waals surface area contributed by atoms with Crippen LogP contribution in [0.3, 0.4) is 0 Å². The van der Waals surface area contributed by atoms with E-state index in [1.54, 1.807) is 25.2 Å². The lowest BCUT2D eigenvalue weighted by Crippen LogP contribution is -2.41. The fourth-order valence-corrected chi connectivity index (χ4v) is 5.06. The summed E-state index contributed by atoms with van der Waals surface area (Å²) >= 11 is 9.07. The zero-order valence-corrected chi connectivity index (χ0v) is 14.5. The summed E-state index contributed by atoms with van der Waals surface area (Å²) in [7, 11) is -1.94. The number of halogens is 2. The maximum atomic E-state index is 12.7. The zero-order chi connectivity index (χ0) is 14.9. The lowest BCUT2D eigenvalue weighted by molar-refractivity contribution is 0.102. The molecule has 1 aliphatic rings. The second-order valence-electron chi connectivity index (χ2n) is 4.85. The summed E-state index contributed by atoms with van der Waals surface area (Å²) < 4.78 is 32.8. The number of benzene rings is 1. The number of likely N-dealkylation sites (N-methyl/N-ethyl adjacent to an activating group) is 1. The van der Waals surface area contributed by atoms with Crippen LogP contribution in [-0.4, -0.2) is 38.5 Å². The topological polar surface area (TPSA) is 46.6 Å². The predicted molar refractivity (Wildman–Crippen MR) is 82.5 cm³/mol. The van der Waals surface area contributed by atoms with Gasteiger partial charge in [-0.3, -0.25) is 0 Å². The van der Waals surface area contributed by atoms with E-state index in [0.717, 1.165) is 5.56 Å². The zero-order valence-electron chi connectivity index (χ0n) is 11.3. The molecule has 112 valence electrons.